The lowest BCUT2D eigenvalue weighted by molar-refractivity contribution is 0.0955. The van der Waals surface area contributed by atoms with Crippen molar-refractivity contribution in [3.8, 4) is 0 Å². The third kappa shape index (κ3) is 2.67. The minimum absolute atomic E-state index is 0.146. The van der Waals surface area contributed by atoms with Crippen LogP contribution in [0.25, 0.3) is 10.1 Å². The predicted octanol–water partition coefficient (Wildman–Crippen LogP) is 2.82. The molecule has 1 aromatic carbocycles. The second-order valence-electron chi connectivity index (χ2n) is 4.31. The van der Waals surface area contributed by atoms with Gasteiger partial charge in [-0.25, -0.2) is 0 Å². The maximum atomic E-state index is 12.2. The van der Waals surface area contributed by atoms with Crippen molar-refractivity contribution in [2.75, 3.05) is 5.73 Å². The molecule has 0 aliphatic rings. The highest BCUT2D eigenvalue weighted by Gasteiger charge is 2.17. The van der Waals surface area contributed by atoms with E-state index in [2.05, 4.69) is 10.3 Å². The van der Waals surface area contributed by atoms with Crippen LogP contribution in [-0.2, 0) is 6.54 Å². The number of anilines is 1. The minimum Gasteiger partial charge on any atom is -0.397 e. The molecule has 21 heavy (non-hydrogen) atoms. The van der Waals surface area contributed by atoms with Crippen molar-refractivity contribution in [3.05, 3.63) is 48.8 Å². The van der Waals surface area contributed by atoms with Gasteiger partial charge in [-0.05, 0) is 12.1 Å². The van der Waals surface area contributed by atoms with Gasteiger partial charge in [0.05, 0.1) is 17.3 Å². The molecule has 8 heteroatoms. The first-order chi connectivity index (χ1) is 10.1. The maximum Gasteiger partial charge on any atom is 0.304 e. The number of amides is 1. The van der Waals surface area contributed by atoms with E-state index in [0.29, 0.717) is 26.7 Å². The number of hydrogen-bond acceptors (Lipinski definition) is 5. The Kier molecular flexibility index (Phi) is 3.71. The maximum absolute atomic E-state index is 12.2. The molecule has 3 aromatic rings. The average Bonchev–Trinajstić information content (AvgIpc) is 3.01. The number of fused-ring (bicyclic) bond motifs is 1. The molecule has 2 aromatic heterocycles. The first-order valence-corrected chi connectivity index (χ1v) is 8.05. The van der Waals surface area contributed by atoms with E-state index in [1.807, 2.05) is 12.1 Å². The Morgan fingerprint density at radius 1 is 1.43 bits per heavy atom. The highest BCUT2D eigenvalue weighted by Crippen LogP contribution is 2.37. The summed E-state index contributed by atoms with van der Waals surface area (Å²) in [4.78, 5) is 26.2. The Bertz CT molecular complexity index is 881. The fraction of sp³-hybridized carbons (Fsp3) is 0.0769. The molecule has 0 radical (unpaired) electrons. The average molecular weight is 340 g/mol. The normalized spacial score (nSPS) is 10.9. The van der Waals surface area contributed by atoms with Gasteiger partial charge < -0.3 is 16.0 Å². The van der Waals surface area contributed by atoms with Crippen LogP contribution in [0.15, 0.2) is 28.4 Å². The number of nitrogens with two attached hydrogens (primary N) is 1. The lowest BCUT2D eigenvalue weighted by Crippen LogP contribution is -2.23. The molecule has 0 saturated carbocycles. The quantitative estimate of drug-likeness (QED) is 0.685. The number of thiophene rings is 1. The minimum atomic E-state index is -0.281. The molecule has 1 amide bonds. The summed E-state index contributed by atoms with van der Waals surface area (Å²) in [6, 6.07) is 5.43. The summed E-state index contributed by atoms with van der Waals surface area (Å²) in [6.07, 6.45) is 0. The van der Waals surface area contributed by atoms with Crippen LogP contribution in [0.4, 0.5) is 5.69 Å². The number of halogens is 1. The van der Waals surface area contributed by atoms with E-state index >= 15 is 0 Å². The van der Waals surface area contributed by atoms with Gasteiger partial charge in [0.25, 0.3) is 5.91 Å². The van der Waals surface area contributed by atoms with Gasteiger partial charge in [0.1, 0.15) is 4.88 Å². The Labute approximate surface area is 132 Å². The zero-order chi connectivity index (χ0) is 15.0. The van der Waals surface area contributed by atoms with E-state index < -0.39 is 0 Å². The van der Waals surface area contributed by atoms with Crippen LogP contribution in [0.5, 0.6) is 0 Å². The molecule has 0 aliphatic carbocycles. The molecular weight excluding hydrogens is 330 g/mol. The second-order valence-corrected chi connectivity index (χ2v) is 6.62. The van der Waals surface area contributed by atoms with E-state index in [1.165, 1.54) is 11.3 Å². The van der Waals surface area contributed by atoms with Gasteiger partial charge in [0.2, 0.25) is 0 Å². The Hall–Kier alpha value is -1.83. The third-order valence-corrected chi connectivity index (χ3v) is 5.12. The summed E-state index contributed by atoms with van der Waals surface area (Å²) in [5, 5.41) is 5.65. The van der Waals surface area contributed by atoms with E-state index in [0.717, 1.165) is 16.0 Å². The van der Waals surface area contributed by atoms with Crippen LogP contribution in [0.1, 0.15) is 15.4 Å². The molecule has 2 heterocycles. The lowest BCUT2D eigenvalue weighted by Gasteiger charge is -2.02. The number of nitrogens with one attached hydrogen (secondary N) is 2. The monoisotopic (exact) mass is 339 g/mol. The molecule has 108 valence electrons. The van der Waals surface area contributed by atoms with E-state index in [9.17, 15) is 9.59 Å². The van der Waals surface area contributed by atoms with Gasteiger partial charge in [-0.1, -0.05) is 29.0 Å². The van der Waals surface area contributed by atoms with Crippen molar-refractivity contribution in [2.24, 2.45) is 0 Å². The van der Waals surface area contributed by atoms with Gasteiger partial charge in [-0.3, -0.25) is 9.59 Å². The molecule has 0 spiro atoms. The van der Waals surface area contributed by atoms with Gasteiger partial charge in [0.15, 0.2) is 0 Å². The van der Waals surface area contributed by atoms with Gasteiger partial charge in [0, 0.05) is 21.2 Å². The Balaban J connectivity index is 1.86. The molecule has 0 atom stereocenters. The van der Waals surface area contributed by atoms with Crippen LogP contribution >= 0.6 is 34.3 Å². The second kappa shape index (κ2) is 5.51. The largest absolute Gasteiger partial charge is 0.397 e. The highest BCUT2D eigenvalue weighted by molar-refractivity contribution is 7.21. The summed E-state index contributed by atoms with van der Waals surface area (Å²) in [7, 11) is 0. The summed E-state index contributed by atoms with van der Waals surface area (Å²) >= 11 is 8.47. The number of benzene rings is 1. The number of carbonyl (C=O) groups excluding carboxylic acids is 1. The standard InChI is InChI=1S/C13H10ClN3O2S2/c14-7-2-1-3-8-9(7)10(15)11(21-8)12(18)16-4-6-5-20-13(19)17-6/h1-3,5H,4,15H2,(H,16,18)(H,17,19). The number of aromatic nitrogens is 1. The molecular formula is C13H10ClN3O2S2. The molecule has 0 bridgehead atoms. The fourth-order valence-corrected chi connectivity index (χ4v) is 3.93. The molecule has 4 N–H and O–H groups in total. The molecule has 0 fully saturated rings. The lowest BCUT2D eigenvalue weighted by atomic mass is 10.2. The highest BCUT2D eigenvalue weighted by atomic mass is 35.5. The van der Waals surface area contributed by atoms with E-state index in [-0.39, 0.29) is 17.3 Å². The predicted molar refractivity (Wildman–Crippen MR) is 87.4 cm³/mol. The van der Waals surface area contributed by atoms with Crippen LogP contribution in [-0.4, -0.2) is 10.9 Å². The van der Waals surface area contributed by atoms with E-state index in [1.54, 1.807) is 11.4 Å². The third-order valence-electron chi connectivity index (χ3n) is 2.92. The van der Waals surface area contributed by atoms with Crippen molar-refractivity contribution >= 4 is 56.0 Å². The summed E-state index contributed by atoms with van der Waals surface area (Å²) in [6.45, 7) is 0.249. The first kappa shape index (κ1) is 14.1. The van der Waals surface area contributed by atoms with Crippen molar-refractivity contribution in [1.82, 2.24) is 10.3 Å². The number of nitrogen functional groups attached to an aromatic ring is 1. The zero-order valence-corrected chi connectivity index (χ0v) is 13.0. The molecule has 0 unspecified atom stereocenters. The topological polar surface area (TPSA) is 88.0 Å². The summed E-state index contributed by atoms with van der Waals surface area (Å²) < 4.78 is 0.870. The fourth-order valence-electron chi connectivity index (χ4n) is 1.95. The number of thiazole rings is 1. The van der Waals surface area contributed by atoms with Crippen LogP contribution in [0.2, 0.25) is 5.02 Å². The molecule has 0 aliphatic heterocycles. The van der Waals surface area contributed by atoms with Gasteiger partial charge >= 0.3 is 4.87 Å². The van der Waals surface area contributed by atoms with Gasteiger partial charge in [-0.2, -0.15) is 0 Å². The number of rotatable bonds is 3. The number of hydrogen-bond donors (Lipinski definition) is 3. The smallest absolute Gasteiger partial charge is 0.304 e. The van der Waals surface area contributed by atoms with E-state index in [4.69, 9.17) is 17.3 Å². The number of carbonyl (C=O) groups is 1. The van der Waals surface area contributed by atoms with Crippen molar-refractivity contribution in [2.45, 2.75) is 6.54 Å². The number of aromatic amines is 1. The molecule has 5 nitrogen and oxygen atoms in total. The SMILES string of the molecule is Nc1c(C(=O)NCc2csc(=O)[nH]2)sc2cccc(Cl)c12. The van der Waals surface area contributed by atoms with Crippen molar-refractivity contribution < 1.29 is 4.79 Å². The number of H-pyrrole nitrogens is 1. The van der Waals surface area contributed by atoms with Crippen molar-refractivity contribution in [3.63, 3.8) is 0 Å². The summed E-state index contributed by atoms with van der Waals surface area (Å²) in [5.41, 5.74) is 7.07. The van der Waals surface area contributed by atoms with Crippen molar-refractivity contribution in [1.29, 1.82) is 0 Å². The van der Waals surface area contributed by atoms with Crippen LogP contribution in [0, 0.1) is 0 Å². The summed E-state index contributed by atoms with van der Waals surface area (Å²) in [5.74, 6) is -0.281. The first-order valence-electron chi connectivity index (χ1n) is 5.97. The zero-order valence-electron chi connectivity index (χ0n) is 10.6. The van der Waals surface area contributed by atoms with Gasteiger partial charge in [-0.15, -0.1) is 11.3 Å². The molecule has 0 saturated heterocycles. The Morgan fingerprint density at radius 3 is 2.90 bits per heavy atom. The molecule has 3 rings (SSSR count). The van der Waals surface area contributed by atoms with Crippen LogP contribution in [0.3, 0.4) is 0 Å². The van der Waals surface area contributed by atoms with Crippen LogP contribution < -0.4 is 15.9 Å². The Morgan fingerprint density at radius 2 is 2.24 bits per heavy atom.